The van der Waals surface area contributed by atoms with Gasteiger partial charge in [-0.05, 0) is 5.92 Å². The van der Waals surface area contributed by atoms with E-state index < -0.39 is 10.0 Å². The van der Waals surface area contributed by atoms with Crippen LogP contribution in [0.3, 0.4) is 0 Å². The quantitative estimate of drug-likeness (QED) is 0.808. The molecule has 98 valence electrons. The second kappa shape index (κ2) is 5.84. The Morgan fingerprint density at radius 3 is 2.65 bits per heavy atom. The molecular formula is C10H18ClN3O2S. The van der Waals surface area contributed by atoms with Crippen molar-refractivity contribution in [3.8, 4) is 0 Å². The molecule has 1 heterocycles. The summed E-state index contributed by atoms with van der Waals surface area (Å²) in [4.78, 5) is 0. The molecule has 0 atom stereocenters. The van der Waals surface area contributed by atoms with Gasteiger partial charge in [-0.3, -0.25) is 5.10 Å². The number of aromatic amines is 1. The molecule has 0 unspecified atom stereocenters. The van der Waals surface area contributed by atoms with E-state index in [1.165, 1.54) is 10.5 Å². The summed E-state index contributed by atoms with van der Waals surface area (Å²) in [5, 5.41) is 6.37. The van der Waals surface area contributed by atoms with Crippen molar-refractivity contribution in [3.63, 3.8) is 0 Å². The molecule has 5 nitrogen and oxygen atoms in total. The van der Waals surface area contributed by atoms with Crippen molar-refractivity contribution in [3.05, 3.63) is 11.8 Å². The van der Waals surface area contributed by atoms with Gasteiger partial charge in [-0.1, -0.05) is 20.8 Å². The molecule has 1 aromatic heterocycles. The van der Waals surface area contributed by atoms with Crippen LogP contribution in [-0.2, 0) is 15.9 Å². The van der Waals surface area contributed by atoms with Gasteiger partial charge in [0.15, 0.2) is 5.03 Å². The number of halogens is 1. The molecule has 1 N–H and O–H groups in total. The number of hydrogen-bond acceptors (Lipinski definition) is 3. The Morgan fingerprint density at radius 1 is 1.53 bits per heavy atom. The molecule has 0 aliphatic rings. The van der Waals surface area contributed by atoms with Crippen LogP contribution in [0.4, 0.5) is 0 Å². The smallest absolute Gasteiger partial charge is 0.260 e. The first-order valence-corrected chi connectivity index (χ1v) is 7.49. The van der Waals surface area contributed by atoms with E-state index in [2.05, 4.69) is 10.2 Å². The lowest BCUT2D eigenvalue weighted by Gasteiger charge is -2.21. The first-order valence-electron chi connectivity index (χ1n) is 5.51. The molecule has 0 saturated carbocycles. The summed E-state index contributed by atoms with van der Waals surface area (Å²) in [6, 6.07) is 0. The molecule has 0 bridgehead atoms. The van der Waals surface area contributed by atoms with Crippen molar-refractivity contribution in [2.75, 3.05) is 13.1 Å². The fourth-order valence-corrected chi connectivity index (χ4v) is 3.55. The Balaban J connectivity index is 3.08. The van der Waals surface area contributed by atoms with Crippen molar-refractivity contribution < 1.29 is 8.42 Å². The van der Waals surface area contributed by atoms with Gasteiger partial charge in [0.25, 0.3) is 10.0 Å². The summed E-state index contributed by atoms with van der Waals surface area (Å²) < 4.78 is 26.1. The van der Waals surface area contributed by atoms with Crippen LogP contribution in [0.5, 0.6) is 0 Å². The summed E-state index contributed by atoms with van der Waals surface area (Å²) >= 11 is 5.69. The zero-order valence-corrected chi connectivity index (χ0v) is 11.8. The molecule has 0 spiro atoms. The fraction of sp³-hybridized carbons (Fsp3) is 0.700. The van der Waals surface area contributed by atoms with Gasteiger partial charge < -0.3 is 0 Å². The van der Waals surface area contributed by atoms with E-state index in [1.807, 2.05) is 20.8 Å². The highest BCUT2D eigenvalue weighted by atomic mass is 35.5. The van der Waals surface area contributed by atoms with Gasteiger partial charge in [-0.2, -0.15) is 9.40 Å². The predicted molar refractivity (Wildman–Crippen MR) is 67.4 cm³/mol. The molecule has 0 amide bonds. The Bertz CT molecular complexity index is 456. The molecule has 1 aromatic rings. The maximum atomic E-state index is 12.3. The second-order valence-corrected chi connectivity index (χ2v) is 6.35. The largest absolute Gasteiger partial charge is 0.266 e. The SMILES string of the molecule is CCN(CC(C)C)S(=O)(=O)c1[nH]ncc1CCl. The zero-order valence-electron chi connectivity index (χ0n) is 10.3. The average molecular weight is 280 g/mol. The van der Waals surface area contributed by atoms with Crippen molar-refractivity contribution in [1.29, 1.82) is 0 Å². The van der Waals surface area contributed by atoms with E-state index in [-0.39, 0.29) is 16.8 Å². The van der Waals surface area contributed by atoms with Crippen molar-refractivity contribution in [2.24, 2.45) is 5.92 Å². The summed E-state index contributed by atoms with van der Waals surface area (Å²) in [5.74, 6) is 0.400. The van der Waals surface area contributed by atoms with Crippen LogP contribution >= 0.6 is 11.6 Å². The lowest BCUT2D eigenvalue weighted by Crippen LogP contribution is -2.34. The van der Waals surface area contributed by atoms with Crippen LogP contribution in [0, 0.1) is 5.92 Å². The summed E-state index contributed by atoms with van der Waals surface area (Å²) in [6.07, 6.45) is 1.45. The molecule has 0 aliphatic carbocycles. The first-order chi connectivity index (χ1) is 7.93. The molecule has 7 heteroatoms. The molecule has 0 radical (unpaired) electrons. The Labute approximate surface area is 107 Å². The third kappa shape index (κ3) is 3.20. The van der Waals surface area contributed by atoms with E-state index >= 15 is 0 Å². The molecule has 1 rings (SSSR count). The number of nitrogens with one attached hydrogen (secondary N) is 1. The number of rotatable bonds is 6. The Kier molecular flexibility index (Phi) is 4.97. The van der Waals surface area contributed by atoms with Crippen LogP contribution in [0.25, 0.3) is 0 Å². The van der Waals surface area contributed by atoms with Crippen LogP contribution in [-0.4, -0.2) is 36.0 Å². The van der Waals surface area contributed by atoms with Gasteiger partial charge in [0, 0.05) is 18.7 Å². The topological polar surface area (TPSA) is 66.1 Å². The number of sulfonamides is 1. The molecule has 0 fully saturated rings. The normalized spacial score (nSPS) is 12.6. The number of H-pyrrole nitrogens is 1. The lowest BCUT2D eigenvalue weighted by molar-refractivity contribution is 0.379. The van der Waals surface area contributed by atoms with Crippen molar-refractivity contribution in [1.82, 2.24) is 14.5 Å². The van der Waals surface area contributed by atoms with E-state index in [4.69, 9.17) is 11.6 Å². The zero-order chi connectivity index (χ0) is 13.1. The summed E-state index contributed by atoms with van der Waals surface area (Å²) in [6.45, 7) is 6.69. The van der Waals surface area contributed by atoms with Gasteiger partial charge in [0.1, 0.15) is 0 Å². The average Bonchev–Trinajstić information content (AvgIpc) is 2.73. The molecule has 0 saturated heterocycles. The van der Waals surface area contributed by atoms with Gasteiger partial charge in [0.05, 0.1) is 12.1 Å². The minimum atomic E-state index is -3.51. The molecule has 0 aromatic carbocycles. The van der Waals surface area contributed by atoms with E-state index in [1.54, 1.807) is 0 Å². The number of nitrogens with zero attached hydrogens (tertiary/aromatic N) is 2. The highest BCUT2D eigenvalue weighted by Crippen LogP contribution is 2.19. The fourth-order valence-electron chi connectivity index (χ4n) is 1.55. The van der Waals surface area contributed by atoms with Crippen molar-refractivity contribution in [2.45, 2.75) is 31.7 Å². The Hall–Kier alpha value is -0.590. The van der Waals surface area contributed by atoms with E-state index in [9.17, 15) is 8.42 Å². The van der Waals surface area contributed by atoms with Gasteiger partial charge >= 0.3 is 0 Å². The van der Waals surface area contributed by atoms with Gasteiger partial charge in [-0.25, -0.2) is 8.42 Å². The maximum Gasteiger partial charge on any atom is 0.260 e. The minimum absolute atomic E-state index is 0.106. The highest BCUT2D eigenvalue weighted by molar-refractivity contribution is 7.89. The third-order valence-electron chi connectivity index (χ3n) is 2.34. The van der Waals surface area contributed by atoms with Crippen LogP contribution in [0.15, 0.2) is 11.2 Å². The number of hydrogen-bond donors (Lipinski definition) is 1. The molecular weight excluding hydrogens is 262 g/mol. The molecule has 0 aliphatic heterocycles. The number of alkyl halides is 1. The van der Waals surface area contributed by atoms with Gasteiger partial charge in [-0.15, -0.1) is 11.6 Å². The van der Waals surface area contributed by atoms with E-state index in [0.717, 1.165) is 0 Å². The highest BCUT2D eigenvalue weighted by Gasteiger charge is 2.27. The minimum Gasteiger partial charge on any atom is -0.266 e. The van der Waals surface area contributed by atoms with Crippen LogP contribution in [0.2, 0.25) is 0 Å². The van der Waals surface area contributed by atoms with Crippen molar-refractivity contribution >= 4 is 21.6 Å². The van der Waals surface area contributed by atoms with Crippen LogP contribution < -0.4 is 0 Å². The number of aromatic nitrogens is 2. The van der Waals surface area contributed by atoms with Crippen LogP contribution in [0.1, 0.15) is 26.3 Å². The summed E-state index contributed by atoms with van der Waals surface area (Å²) in [7, 11) is -3.51. The standard InChI is InChI=1S/C10H18ClN3O2S/c1-4-14(7-8(2)3)17(15,16)10-9(5-11)6-12-13-10/h6,8H,4-5,7H2,1-3H3,(H,12,13). The monoisotopic (exact) mass is 279 g/mol. The summed E-state index contributed by atoms with van der Waals surface area (Å²) in [5.41, 5.74) is 0.508. The third-order valence-corrected chi connectivity index (χ3v) is 4.59. The van der Waals surface area contributed by atoms with E-state index in [0.29, 0.717) is 18.7 Å². The molecule has 17 heavy (non-hydrogen) atoms. The maximum absolute atomic E-state index is 12.3. The lowest BCUT2D eigenvalue weighted by atomic mass is 10.2. The Morgan fingerprint density at radius 2 is 2.18 bits per heavy atom. The first kappa shape index (κ1) is 14.5. The van der Waals surface area contributed by atoms with Gasteiger partial charge in [0.2, 0.25) is 0 Å². The second-order valence-electron chi connectivity index (χ2n) is 4.21. The predicted octanol–water partition coefficient (Wildman–Crippen LogP) is 1.82.